The zero-order chi connectivity index (χ0) is 16.4. The number of hydrogen-bond donors (Lipinski definition) is 2. The summed E-state index contributed by atoms with van der Waals surface area (Å²) in [5, 5.41) is 0. The molecule has 1 unspecified atom stereocenters. The third-order valence-electron chi connectivity index (χ3n) is 4.17. The van der Waals surface area contributed by atoms with Crippen molar-refractivity contribution in [1.82, 2.24) is 14.7 Å². The van der Waals surface area contributed by atoms with Gasteiger partial charge >= 0.3 is 0 Å². The van der Waals surface area contributed by atoms with Crippen molar-refractivity contribution in [2.75, 3.05) is 25.0 Å². The molecule has 0 radical (unpaired) electrons. The Kier molecular flexibility index (Phi) is 4.36. The van der Waals surface area contributed by atoms with Crippen LogP contribution in [-0.2, 0) is 10.0 Å². The molecule has 2 heterocycles. The van der Waals surface area contributed by atoms with E-state index in [1.807, 2.05) is 4.90 Å². The standard InChI is InChI=1S/C15H19FN4O2S/c1-17-23(21,22)12-4-5-14(13(16)9-12)20-8-2-3-11(10-20)15-18-6-7-19-15/h4-7,9,11,17H,2-3,8,10H2,1H3,(H,18,19). The van der Waals surface area contributed by atoms with Crippen LogP contribution >= 0.6 is 0 Å². The Morgan fingerprint density at radius 2 is 2.26 bits per heavy atom. The molecule has 1 aliphatic heterocycles. The first kappa shape index (κ1) is 15.9. The fourth-order valence-electron chi connectivity index (χ4n) is 2.95. The average molecular weight is 338 g/mol. The number of hydrogen-bond acceptors (Lipinski definition) is 4. The van der Waals surface area contributed by atoms with Crippen LogP contribution in [0.2, 0.25) is 0 Å². The predicted octanol–water partition coefficient (Wildman–Crippen LogP) is 1.84. The number of halogens is 1. The SMILES string of the molecule is CNS(=O)(=O)c1ccc(N2CCCC(c3ncc[nH]3)C2)c(F)c1. The summed E-state index contributed by atoms with van der Waals surface area (Å²) in [6, 6.07) is 4.03. The van der Waals surface area contributed by atoms with Crippen molar-refractivity contribution < 1.29 is 12.8 Å². The maximum atomic E-state index is 14.4. The van der Waals surface area contributed by atoms with Crippen molar-refractivity contribution in [3.63, 3.8) is 0 Å². The van der Waals surface area contributed by atoms with Crippen LogP contribution in [0.15, 0.2) is 35.5 Å². The third kappa shape index (κ3) is 3.23. The summed E-state index contributed by atoms with van der Waals surface area (Å²) in [6.07, 6.45) is 5.43. The van der Waals surface area contributed by atoms with E-state index in [0.29, 0.717) is 12.2 Å². The van der Waals surface area contributed by atoms with Crippen molar-refractivity contribution in [1.29, 1.82) is 0 Å². The van der Waals surface area contributed by atoms with E-state index in [4.69, 9.17) is 0 Å². The smallest absolute Gasteiger partial charge is 0.240 e. The molecule has 1 saturated heterocycles. The van der Waals surface area contributed by atoms with E-state index in [9.17, 15) is 12.8 Å². The van der Waals surface area contributed by atoms with Crippen molar-refractivity contribution in [3.05, 3.63) is 42.2 Å². The van der Waals surface area contributed by atoms with Gasteiger partial charge in [0.25, 0.3) is 0 Å². The van der Waals surface area contributed by atoms with Crippen LogP contribution in [0.5, 0.6) is 0 Å². The van der Waals surface area contributed by atoms with Crippen LogP contribution in [0, 0.1) is 5.82 Å². The largest absolute Gasteiger partial charge is 0.368 e. The van der Waals surface area contributed by atoms with Gasteiger partial charge in [0.05, 0.1) is 10.6 Å². The van der Waals surface area contributed by atoms with E-state index in [1.54, 1.807) is 12.4 Å². The molecular formula is C15H19FN4O2S. The van der Waals surface area contributed by atoms with Crippen LogP contribution in [0.3, 0.4) is 0 Å². The summed E-state index contributed by atoms with van der Waals surface area (Å²) in [6.45, 7) is 1.40. The molecule has 0 saturated carbocycles. The number of anilines is 1. The number of benzene rings is 1. The van der Waals surface area contributed by atoms with Crippen LogP contribution < -0.4 is 9.62 Å². The first-order chi connectivity index (χ1) is 11.0. The summed E-state index contributed by atoms with van der Waals surface area (Å²) >= 11 is 0. The second-order valence-electron chi connectivity index (χ2n) is 5.58. The second-order valence-corrected chi connectivity index (χ2v) is 7.47. The fraction of sp³-hybridized carbons (Fsp3) is 0.400. The van der Waals surface area contributed by atoms with Gasteiger partial charge in [-0.3, -0.25) is 0 Å². The zero-order valence-electron chi connectivity index (χ0n) is 12.8. The first-order valence-electron chi connectivity index (χ1n) is 7.48. The van der Waals surface area contributed by atoms with Crippen LogP contribution in [0.4, 0.5) is 10.1 Å². The van der Waals surface area contributed by atoms with E-state index in [-0.39, 0.29) is 10.8 Å². The Morgan fingerprint density at radius 3 is 2.91 bits per heavy atom. The molecule has 0 aliphatic carbocycles. The highest BCUT2D eigenvalue weighted by molar-refractivity contribution is 7.89. The normalized spacial score (nSPS) is 19.0. The molecule has 124 valence electrons. The molecule has 1 aromatic heterocycles. The lowest BCUT2D eigenvalue weighted by atomic mass is 9.97. The van der Waals surface area contributed by atoms with Gasteiger partial charge in [0.2, 0.25) is 10.0 Å². The summed E-state index contributed by atoms with van der Waals surface area (Å²) in [5.41, 5.74) is 0.427. The molecule has 6 nitrogen and oxygen atoms in total. The fourth-order valence-corrected chi connectivity index (χ4v) is 3.69. The van der Waals surface area contributed by atoms with E-state index < -0.39 is 15.8 Å². The van der Waals surface area contributed by atoms with E-state index >= 15 is 0 Å². The van der Waals surface area contributed by atoms with Crippen molar-refractivity contribution >= 4 is 15.7 Å². The van der Waals surface area contributed by atoms with Crippen LogP contribution in [-0.4, -0.2) is 38.5 Å². The van der Waals surface area contributed by atoms with Crippen molar-refractivity contribution in [3.8, 4) is 0 Å². The van der Waals surface area contributed by atoms with Gasteiger partial charge in [0.1, 0.15) is 11.6 Å². The average Bonchev–Trinajstić information content (AvgIpc) is 3.09. The lowest BCUT2D eigenvalue weighted by Gasteiger charge is -2.33. The minimum Gasteiger partial charge on any atom is -0.368 e. The minimum absolute atomic E-state index is 0.0687. The summed E-state index contributed by atoms with van der Waals surface area (Å²) in [7, 11) is -2.33. The first-order valence-corrected chi connectivity index (χ1v) is 8.97. The Balaban J connectivity index is 1.84. The molecule has 0 amide bonds. The van der Waals surface area contributed by atoms with Gasteiger partial charge in [-0.25, -0.2) is 22.5 Å². The van der Waals surface area contributed by atoms with Crippen LogP contribution in [0.1, 0.15) is 24.6 Å². The number of H-pyrrole nitrogens is 1. The zero-order valence-corrected chi connectivity index (χ0v) is 13.6. The van der Waals surface area contributed by atoms with Gasteiger partial charge in [-0.2, -0.15) is 0 Å². The number of aromatic nitrogens is 2. The quantitative estimate of drug-likeness (QED) is 0.892. The van der Waals surface area contributed by atoms with Crippen LogP contribution in [0.25, 0.3) is 0 Å². The molecule has 1 atom stereocenters. The number of aromatic amines is 1. The lowest BCUT2D eigenvalue weighted by Crippen LogP contribution is -2.35. The topological polar surface area (TPSA) is 78.1 Å². The highest BCUT2D eigenvalue weighted by Gasteiger charge is 2.25. The van der Waals surface area contributed by atoms with Gasteiger partial charge in [-0.1, -0.05) is 0 Å². The van der Waals surface area contributed by atoms with Gasteiger partial charge in [-0.05, 0) is 38.1 Å². The molecule has 2 N–H and O–H groups in total. The highest BCUT2D eigenvalue weighted by Crippen LogP contribution is 2.30. The van der Waals surface area contributed by atoms with Gasteiger partial charge < -0.3 is 9.88 Å². The number of nitrogens with zero attached hydrogens (tertiary/aromatic N) is 2. The molecular weight excluding hydrogens is 319 g/mol. The molecule has 23 heavy (non-hydrogen) atoms. The van der Waals surface area contributed by atoms with Gasteiger partial charge in [0, 0.05) is 31.4 Å². The molecule has 8 heteroatoms. The minimum atomic E-state index is -3.64. The Labute approximate surface area is 134 Å². The lowest BCUT2D eigenvalue weighted by molar-refractivity contribution is 0.486. The second kappa shape index (κ2) is 6.29. The van der Waals surface area contributed by atoms with Gasteiger partial charge in [0.15, 0.2) is 0 Å². The van der Waals surface area contributed by atoms with Crippen molar-refractivity contribution in [2.45, 2.75) is 23.7 Å². The van der Waals surface area contributed by atoms with E-state index in [0.717, 1.165) is 31.3 Å². The molecule has 3 rings (SSSR count). The molecule has 0 bridgehead atoms. The number of sulfonamides is 1. The number of imidazole rings is 1. The summed E-state index contributed by atoms with van der Waals surface area (Å²) < 4.78 is 40.1. The van der Waals surface area contributed by atoms with Gasteiger partial charge in [-0.15, -0.1) is 0 Å². The highest BCUT2D eigenvalue weighted by atomic mass is 32.2. The summed E-state index contributed by atoms with van der Waals surface area (Å²) in [5.74, 6) is 0.602. The Morgan fingerprint density at radius 1 is 1.43 bits per heavy atom. The molecule has 0 spiro atoms. The van der Waals surface area contributed by atoms with Crippen molar-refractivity contribution in [2.24, 2.45) is 0 Å². The molecule has 2 aromatic rings. The maximum absolute atomic E-state index is 14.4. The maximum Gasteiger partial charge on any atom is 0.240 e. The molecule has 1 aliphatic rings. The van der Waals surface area contributed by atoms with E-state index in [1.165, 1.54) is 19.2 Å². The predicted molar refractivity (Wildman–Crippen MR) is 85.4 cm³/mol. The Bertz CT molecular complexity index is 777. The molecule has 1 fully saturated rings. The van der Waals surface area contributed by atoms with E-state index in [2.05, 4.69) is 14.7 Å². The monoisotopic (exact) mass is 338 g/mol. The Hall–Kier alpha value is -1.93. The third-order valence-corrected chi connectivity index (χ3v) is 5.58. The number of piperidine rings is 1. The summed E-state index contributed by atoms with van der Waals surface area (Å²) in [4.78, 5) is 9.27. The number of rotatable bonds is 4. The molecule has 1 aromatic carbocycles. The number of nitrogens with one attached hydrogen (secondary N) is 2.